The molecule has 3 N–H and O–H groups in total. The van der Waals surface area contributed by atoms with Gasteiger partial charge in [-0.3, -0.25) is 0 Å². The van der Waals surface area contributed by atoms with Crippen molar-refractivity contribution in [2.45, 2.75) is 24.8 Å². The molecule has 5 nitrogen and oxygen atoms in total. The van der Waals surface area contributed by atoms with Crippen LogP contribution in [0.4, 0.5) is 5.69 Å². The van der Waals surface area contributed by atoms with Crippen molar-refractivity contribution < 1.29 is 13.2 Å². The summed E-state index contributed by atoms with van der Waals surface area (Å²) in [5.41, 5.74) is 5.66. The Hall–Kier alpha value is -0.530. The normalized spacial score (nSPS) is 13.5. The van der Waals surface area contributed by atoms with Crippen molar-refractivity contribution in [3.63, 3.8) is 0 Å². The summed E-state index contributed by atoms with van der Waals surface area (Å²) in [4.78, 5) is -0.165. The SMILES string of the molecule is CCOC(C)CNS(=O)(=O)c1c(N)cc(Cl)cc1Cl. The first kappa shape index (κ1) is 16.5. The number of hydrogen-bond acceptors (Lipinski definition) is 4. The van der Waals surface area contributed by atoms with Crippen LogP contribution in [0, 0.1) is 0 Å². The largest absolute Gasteiger partial charge is 0.398 e. The number of ether oxygens (including phenoxy) is 1. The number of nitrogen functional groups attached to an aromatic ring is 1. The first-order chi connectivity index (χ1) is 8.77. The monoisotopic (exact) mass is 326 g/mol. The lowest BCUT2D eigenvalue weighted by Gasteiger charge is -2.15. The highest BCUT2D eigenvalue weighted by Crippen LogP contribution is 2.30. The van der Waals surface area contributed by atoms with Crippen LogP contribution in [0.3, 0.4) is 0 Å². The summed E-state index contributed by atoms with van der Waals surface area (Å²) >= 11 is 11.6. The van der Waals surface area contributed by atoms with Gasteiger partial charge in [0, 0.05) is 18.2 Å². The molecule has 0 fully saturated rings. The summed E-state index contributed by atoms with van der Waals surface area (Å²) in [7, 11) is -3.80. The average molecular weight is 327 g/mol. The highest BCUT2D eigenvalue weighted by molar-refractivity contribution is 7.89. The molecule has 8 heteroatoms. The van der Waals surface area contributed by atoms with E-state index in [1.807, 2.05) is 6.92 Å². The van der Waals surface area contributed by atoms with Gasteiger partial charge in [-0.05, 0) is 26.0 Å². The standard InChI is InChI=1S/C11H16Cl2N2O3S/c1-3-18-7(2)6-15-19(16,17)11-9(13)4-8(12)5-10(11)14/h4-5,7,15H,3,6,14H2,1-2H3. The molecule has 0 aliphatic carbocycles. The van der Waals surface area contributed by atoms with E-state index in [0.717, 1.165) is 0 Å². The quantitative estimate of drug-likeness (QED) is 0.786. The Morgan fingerprint density at radius 1 is 1.42 bits per heavy atom. The van der Waals surface area contributed by atoms with E-state index in [0.29, 0.717) is 6.61 Å². The van der Waals surface area contributed by atoms with Gasteiger partial charge in [-0.2, -0.15) is 0 Å². The maximum Gasteiger partial charge on any atom is 0.244 e. The van der Waals surface area contributed by atoms with Crippen LogP contribution in [-0.4, -0.2) is 27.7 Å². The van der Waals surface area contributed by atoms with E-state index >= 15 is 0 Å². The molecule has 1 rings (SSSR count). The highest BCUT2D eigenvalue weighted by Gasteiger charge is 2.22. The minimum absolute atomic E-state index is 0.00839. The Labute approximate surface area is 123 Å². The summed E-state index contributed by atoms with van der Waals surface area (Å²) in [5, 5.41) is 0.269. The molecule has 0 aliphatic rings. The number of rotatable bonds is 6. The molecule has 108 valence electrons. The van der Waals surface area contributed by atoms with Gasteiger partial charge in [-0.15, -0.1) is 0 Å². The zero-order valence-electron chi connectivity index (χ0n) is 10.6. The van der Waals surface area contributed by atoms with Crippen molar-refractivity contribution in [2.75, 3.05) is 18.9 Å². The zero-order valence-corrected chi connectivity index (χ0v) is 12.9. The first-order valence-corrected chi connectivity index (χ1v) is 7.87. The van der Waals surface area contributed by atoms with Crippen LogP contribution in [0.25, 0.3) is 0 Å². The van der Waals surface area contributed by atoms with Crippen molar-refractivity contribution in [1.29, 1.82) is 0 Å². The number of halogens is 2. The van der Waals surface area contributed by atoms with Gasteiger partial charge >= 0.3 is 0 Å². The molecular weight excluding hydrogens is 311 g/mol. The lowest BCUT2D eigenvalue weighted by molar-refractivity contribution is 0.0799. The topological polar surface area (TPSA) is 81.4 Å². The van der Waals surface area contributed by atoms with E-state index in [1.165, 1.54) is 12.1 Å². The fourth-order valence-corrected chi connectivity index (χ4v) is 3.60. The molecule has 0 aliphatic heterocycles. The Kier molecular flexibility index (Phi) is 5.88. The van der Waals surface area contributed by atoms with Gasteiger partial charge in [0.15, 0.2) is 0 Å². The van der Waals surface area contributed by atoms with Gasteiger partial charge in [0.25, 0.3) is 0 Å². The van der Waals surface area contributed by atoms with Crippen LogP contribution in [-0.2, 0) is 14.8 Å². The van der Waals surface area contributed by atoms with E-state index in [-0.39, 0.29) is 33.3 Å². The summed E-state index contributed by atoms with van der Waals surface area (Å²) in [6, 6.07) is 2.67. The molecule has 19 heavy (non-hydrogen) atoms. The summed E-state index contributed by atoms with van der Waals surface area (Å²) in [6.45, 7) is 4.24. The van der Waals surface area contributed by atoms with Crippen LogP contribution >= 0.6 is 23.2 Å². The number of nitrogens with one attached hydrogen (secondary N) is 1. The van der Waals surface area contributed by atoms with Gasteiger partial charge in [-0.25, -0.2) is 13.1 Å². The molecule has 0 bridgehead atoms. The number of sulfonamides is 1. The predicted molar refractivity (Wildman–Crippen MR) is 77.2 cm³/mol. The van der Waals surface area contributed by atoms with Crippen LogP contribution in [0.15, 0.2) is 17.0 Å². The van der Waals surface area contributed by atoms with Gasteiger partial charge in [0.1, 0.15) is 4.90 Å². The van der Waals surface area contributed by atoms with Gasteiger partial charge in [0.05, 0.1) is 16.8 Å². The lowest BCUT2D eigenvalue weighted by Crippen LogP contribution is -2.32. The van der Waals surface area contributed by atoms with Crippen molar-refractivity contribution in [2.24, 2.45) is 0 Å². The van der Waals surface area contributed by atoms with E-state index < -0.39 is 10.0 Å². The molecule has 1 aromatic carbocycles. The first-order valence-electron chi connectivity index (χ1n) is 5.63. The average Bonchev–Trinajstić information content (AvgIpc) is 2.25. The number of hydrogen-bond donors (Lipinski definition) is 2. The molecule has 0 heterocycles. The number of nitrogens with two attached hydrogens (primary N) is 1. The van der Waals surface area contributed by atoms with Gasteiger partial charge in [-0.1, -0.05) is 23.2 Å². The maximum absolute atomic E-state index is 12.1. The van der Waals surface area contributed by atoms with Gasteiger partial charge < -0.3 is 10.5 Å². The summed E-state index contributed by atoms with van der Waals surface area (Å²) < 4.78 is 31.9. The number of benzene rings is 1. The van der Waals surface area contributed by atoms with Crippen LogP contribution in [0.1, 0.15) is 13.8 Å². The van der Waals surface area contributed by atoms with Crippen molar-refractivity contribution in [3.05, 3.63) is 22.2 Å². The van der Waals surface area contributed by atoms with E-state index in [1.54, 1.807) is 6.92 Å². The third-order valence-electron chi connectivity index (χ3n) is 2.32. The third kappa shape index (κ3) is 4.50. The van der Waals surface area contributed by atoms with E-state index in [9.17, 15) is 8.42 Å². The van der Waals surface area contributed by atoms with Crippen molar-refractivity contribution in [3.8, 4) is 0 Å². The highest BCUT2D eigenvalue weighted by atomic mass is 35.5. The molecule has 0 saturated heterocycles. The molecule has 0 radical (unpaired) electrons. The third-order valence-corrected chi connectivity index (χ3v) is 4.49. The summed E-state index contributed by atoms with van der Waals surface area (Å²) in [6.07, 6.45) is -0.243. The molecule has 1 unspecified atom stereocenters. The molecule has 1 atom stereocenters. The minimum atomic E-state index is -3.80. The molecule has 0 amide bonds. The van der Waals surface area contributed by atoms with E-state index in [2.05, 4.69) is 4.72 Å². The van der Waals surface area contributed by atoms with Crippen LogP contribution in [0.2, 0.25) is 10.0 Å². The Morgan fingerprint density at radius 3 is 2.58 bits per heavy atom. The second-order valence-corrected chi connectivity index (χ2v) is 6.47. The lowest BCUT2D eigenvalue weighted by atomic mass is 10.3. The van der Waals surface area contributed by atoms with Crippen molar-refractivity contribution >= 4 is 38.9 Å². The minimum Gasteiger partial charge on any atom is -0.398 e. The molecule has 1 aromatic rings. The smallest absolute Gasteiger partial charge is 0.244 e. The summed E-state index contributed by atoms with van der Waals surface area (Å²) in [5.74, 6) is 0. The predicted octanol–water partition coefficient (Wildman–Crippen LogP) is 2.28. The van der Waals surface area contributed by atoms with Crippen molar-refractivity contribution in [1.82, 2.24) is 4.72 Å². The Bertz CT molecular complexity index is 526. The molecular formula is C11H16Cl2N2O3S. The second kappa shape index (κ2) is 6.76. The van der Waals surface area contributed by atoms with Crippen LogP contribution < -0.4 is 10.5 Å². The fourth-order valence-electron chi connectivity index (χ4n) is 1.51. The Balaban J connectivity index is 2.95. The van der Waals surface area contributed by atoms with E-state index in [4.69, 9.17) is 33.7 Å². The molecule has 0 aromatic heterocycles. The van der Waals surface area contributed by atoms with Crippen LogP contribution in [0.5, 0.6) is 0 Å². The fraction of sp³-hybridized carbons (Fsp3) is 0.455. The molecule has 0 spiro atoms. The maximum atomic E-state index is 12.1. The zero-order chi connectivity index (χ0) is 14.6. The van der Waals surface area contributed by atoms with Gasteiger partial charge in [0.2, 0.25) is 10.0 Å². The molecule has 0 saturated carbocycles. The second-order valence-electron chi connectivity index (χ2n) is 3.92. The number of anilines is 1. The Morgan fingerprint density at radius 2 is 2.05 bits per heavy atom.